The largest absolute Gasteiger partial charge is 0.496 e. The second kappa shape index (κ2) is 8.30. The van der Waals surface area contributed by atoms with Crippen molar-refractivity contribution in [3.63, 3.8) is 0 Å². The number of rotatable bonds is 5. The van der Waals surface area contributed by atoms with Crippen LogP contribution < -0.4 is 9.47 Å². The van der Waals surface area contributed by atoms with Crippen molar-refractivity contribution < 1.29 is 14.3 Å². The molecule has 1 aromatic carbocycles. The summed E-state index contributed by atoms with van der Waals surface area (Å²) in [4.78, 5) is 14.9. The second-order valence-corrected chi connectivity index (χ2v) is 6.91. The molecule has 1 amide bonds. The van der Waals surface area contributed by atoms with Gasteiger partial charge in [0.25, 0.3) is 5.91 Å². The van der Waals surface area contributed by atoms with Gasteiger partial charge in [-0.3, -0.25) is 9.48 Å². The number of aryl methyl sites for hydroxylation is 1. The van der Waals surface area contributed by atoms with Gasteiger partial charge in [0.05, 0.1) is 12.8 Å². The third kappa shape index (κ3) is 4.06. The highest BCUT2D eigenvalue weighted by Gasteiger charge is 2.27. The van der Waals surface area contributed by atoms with E-state index < -0.39 is 0 Å². The van der Waals surface area contributed by atoms with Crippen LogP contribution in [0.3, 0.4) is 0 Å². The molecule has 1 saturated heterocycles. The summed E-state index contributed by atoms with van der Waals surface area (Å²) in [6.07, 6.45) is 3.15. The van der Waals surface area contributed by atoms with Crippen molar-refractivity contribution in [3.8, 4) is 22.9 Å². The van der Waals surface area contributed by atoms with Crippen LogP contribution in [0.2, 0.25) is 0 Å². The molecule has 0 aliphatic carbocycles. The van der Waals surface area contributed by atoms with Gasteiger partial charge in [0.15, 0.2) is 0 Å². The van der Waals surface area contributed by atoms with Crippen molar-refractivity contribution in [2.24, 2.45) is 7.05 Å². The standard InChI is InChI=1S/C21H23N5O3/c1-25-18(14-17(24-25)16-6-3-4-7-19(16)28-2)21(27)26-12-9-15(10-13-26)29-20-8-5-11-22-23-20/h3-8,11,14-15H,9-10,12-13H2,1-2H3. The molecule has 0 N–H and O–H groups in total. The molecule has 150 valence electrons. The zero-order valence-corrected chi connectivity index (χ0v) is 16.5. The van der Waals surface area contributed by atoms with Crippen LogP contribution in [-0.2, 0) is 7.05 Å². The third-order valence-electron chi connectivity index (χ3n) is 5.05. The van der Waals surface area contributed by atoms with Crippen molar-refractivity contribution in [3.05, 3.63) is 54.4 Å². The van der Waals surface area contributed by atoms with Gasteiger partial charge in [0, 0.05) is 50.8 Å². The third-order valence-corrected chi connectivity index (χ3v) is 5.05. The van der Waals surface area contributed by atoms with Crippen LogP contribution in [0, 0.1) is 0 Å². The Kier molecular flexibility index (Phi) is 5.41. The van der Waals surface area contributed by atoms with E-state index in [1.807, 2.05) is 35.2 Å². The van der Waals surface area contributed by atoms with Crippen LogP contribution in [0.1, 0.15) is 23.3 Å². The van der Waals surface area contributed by atoms with Gasteiger partial charge in [-0.05, 0) is 24.3 Å². The van der Waals surface area contributed by atoms with E-state index in [2.05, 4.69) is 15.3 Å². The van der Waals surface area contributed by atoms with Crippen molar-refractivity contribution in [2.75, 3.05) is 20.2 Å². The van der Waals surface area contributed by atoms with Crippen LogP contribution in [0.5, 0.6) is 11.6 Å². The molecule has 8 nitrogen and oxygen atoms in total. The van der Waals surface area contributed by atoms with E-state index in [0.717, 1.165) is 24.2 Å². The van der Waals surface area contributed by atoms with Gasteiger partial charge in [-0.1, -0.05) is 12.1 Å². The molecule has 8 heteroatoms. The monoisotopic (exact) mass is 393 g/mol. The molecular weight excluding hydrogens is 370 g/mol. The van der Waals surface area contributed by atoms with Gasteiger partial charge in [-0.2, -0.15) is 10.2 Å². The van der Waals surface area contributed by atoms with Gasteiger partial charge in [-0.15, -0.1) is 5.10 Å². The average Bonchev–Trinajstić information content (AvgIpc) is 3.16. The Morgan fingerprint density at radius 3 is 2.66 bits per heavy atom. The summed E-state index contributed by atoms with van der Waals surface area (Å²) in [6, 6.07) is 13.1. The summed E-state index contributed by atoms with van der Waals surface area (Å²) < 4.78 is 12.9. The zero-order chi connectivity index (χ0) is 20.2. The van der Waals surface area contributed by atoms with E-state index in [1.165, 1.54) is 0 Å². The van der Waals surface area contributed by atoms with Crippen molar-refractivity contribution in [1.29, 1.82) is 0 Å². The zero-order valence-electron chi connectivity index (χ0n) is 16.5. The quantitative estimate of drug-likeness (QED) is 0.663. The number of benzene rings is 1. The van der Waals surface area contributed by atoms with E-state index in [0.29, 0.717) is 30.4 Å². The topological polar surface area (TPSA) is 82.4 Å². The molecule has 2 aromatic heterocycles. The fourth-order valence-electron chi connectivity index (χ4n) is 3.52. The number of amides is 1. The number of hydrogen-bond acceptors (Lipinski definition) is 6. The van der Waals surface area contributed by atoms with Gasteiger partial charge in [0.1, 0.15) is 17.5 Å². The molecule has 0 atom stereocenters. The predicted octanol–water partition coefficient (Wildman–Crippen LogP) is 2.57. The van der Waals surface area contributed by atoms with E-state index >= 15 is 0 Å². The highest BCUT2D eigenvalue weighted by atomic mass is 16.5. The first-order valence-corrected chi connectivity index (χ1v) is 9.57. The lowest BCUT2D eigenvalue weighted by Gasteiger charge is -2.31. The van der Waals surface area contributed by atoms with E-state index in [1.54, 1.807) is 37.2 Å². The van der Waals surface area contributed by atoms with Gasteiger partial charge >= 0.3 is 0 Å². The summed E-state index contributed by atoms with van der Waals surface area (Å²) in [5.41, 5.74) is 2.13. The summed E-state index contributed by atoms with van der Waals surface area (Å²) in [5.74, 6) is 1.22. The van der Waals surface area contributed by atoms with Crippen molar-refractivity contribution in [2.45, 2.75) is 18.9 Å². The number of nitrogens with zero attached hydrogens (tertiary/aromatic N) is 5. The normalized spacial score (nSPS) is 14.6. The highest BCUT2D eigenvalue weighted by molar-refractivity contribution is 5.94. The maximum Gasteiger partial charge on any atom is 0.272 e. The minimum absolute atomic E-state index is 0.0286. The van der Waals surface area contributed by atoms with Crippen LogP contribution in [0.4, 0.5) is 0 Å². The van der Waals surface area contributed by atoms with E-state index in [-0.39, 0.29) is 12.0 Å². The lowest BCUT2D eigenvalue weighted by molar-refractivity contribution is 0.0576. The Morgan fingerprint density at radius 2 is 1.93 bits per heavy atom. The van der Waals surface area contributed by atoms with Crippen LogP contribution in [0.25, 0.3) is 11.3 Å². The molecule has 0 spiro atoms. The fourth-order valence-corrected chi connectivity index (χ4v) is 3.52. The van der Waals surface area contributed by atoms with Crippen LogP contribution in [0.15, 0.2) is 48.7 Å². The molecule has 4 rings (SSSR count). The Bertz CT molecular complexity index is 981. The van der Waals surface area contributed by atoms with E-state index in [9.17, 15) is 4.79 Å². The number of para-hydroxylation sites is 1. The maximum absolute atomic E-state index is 13.1. The first-order valence-electron chi connectivity index (χ1n) is 9.57. The molecular formula is C21H23N5O3. The molecule has 1 aliphatic rings. The van der Waals surface area contributed by atoms with Crippen LogP contribution in [-0.4, -0.2) is 57.1 Å². The van der Waals surface area contributed by atoms with E-state index in [4.69, 9.17) is 9.47 Å². The maximum atomic E-state index is 13.1. The minimum Gasteiger partial charge on any atom is -0.496 e. The first kappa shape index (κ1) is 18.9. The Morgan fingerprint density at radius 1 is 1.14 bits per heavy atom. The van der Waals surface area contributed by atoms with Gasteiger partial charge in [0.2, 0.25) is 5.88 Å². The highest BCUT2D eigenvalue weighted by Crippen LogP contribution is 2.29. The lowest BCUT2D eigenvalue weighted by Crippen LogP contribution is -2.42. The summed E-state index contributed by atoms with van der Waals surface area (Å²) >= 11 is 0. The molecule has 0 unspecified atom stereocenters. The van der Waals surface area contributed by atoms with Crippen molar-refractivity contribution >= 4 is 5.91 Å². The molecule has 0 radical (unpaired) electrons. The number of aromatic nitrogens is 4. The lowest BCUT2D eigenvalue weighted by atomic mass is 10.1. The SMILES string of the molecule is COc1ccccc1-c1cc(C(=O)N2CCC(Oc3cccnn3)CC2)n(C)n1. The number of ether oxygens (including phenoxy) is 2. The predicted molar refractivity (Wildman–Crippen MR) is 107 cm³/mol. The summed E-state index contributed by atoms with van der Waals surface area (Å²) in [7, 11) is 3.41. The number of likely N-dealkylation sites (tertiary alicyclic amines) is 1. The smallest absolute Gasteiger partial charge is 0.272 e. The minimum atomic E-state index is -0.0286. The van der Waals surface area contributed by atoms with Crippen molar-refractivity contribution in [1.82, 2.24) is 24.9 Å². The molecule has 3 aromatic rings. The molecule has 29 heavy (non-hydrogen) atoms. The summed E-state index contributed by atoms with van der Waals surface area (Å²) in [5, 5.41) is 12.3. The number of carbonyl (C=O) groups is 1. The Balaban J connectivity index is 1.43. The first-order chi connectivity index (χ1) is 14.2. The van der Waals surface area contributed by atoms with Crippen LogP contribution >= 0.6 is 0 Å². The van der Waals surface area contributed by atoms with Gasteiger partial charge < -0.3 is 14.4 Å². The Hall–Kier alpha value is -3.42. The number of piperidine rings is 1. The second-order valence-electron chi connectivity index (χ2n) is 6.91. The number of methoxy groups -OCH3 is 1. The Labute approximate surface area is 169 Å². The molecule has 0 saturated carbocycles. The fraction of sp³-hybridized carbons (Fsp3) is 0.333. The van der Waals surface area contributed by atoms with Gasteiger partial charge in [-0.25, -0.2) is 0 Å². The molecule has 0 bridgehead atoms. The average molecular weight is 393 g/mol. The molecule has 1 aliphatic heterocycles. The number of hydrogen-bond donors (Lipinski definition) is 0. The summed E-state index contributed by atoms with van der Waals surface area (Å²) in [6.45, 7) is 1.25. The molecule has 1 fully saturated rings. The number of carbonyl (C=O) groups excluding carboxylic acids is 1. The molecule has 3 heterocycles.